The monoisotopic (exact) mass is 482 g/mol. The molecule has 33 heavy (non-hydrogen) atoms. The lowest BCUT2D eigenvalue weighted by atomic mass is 10.1. The van der Waals surface area contributed by atoms with Crippen LogP contribution in [0.4, 0.5) is 0 Å². The van der Waals surface area contributed by atoms with E-state index in [1.807, 2.05) is 36.4 Å². The van der Waals surface area contributed by atoms with Gasteiger partial charge in [0.05, 0.1) is 12.2 Å². The van der Waals surface area contributed by atoms with Gasteiger partial charge in [-0.2, -0.15) is 8.42 Å². The van der Waals surface area contributed by atoms with Crippen molar-refractivity contribution in [1.29, 1.82) is 0 Å². The highest BCUT2D eigenvalue weighted by Gasteiger charge is 2.32. The van der Waals surface area contributed by atoms with Gasteiger partial charge in [0.1, 0.15) is 4.90 Å². The standard InChI is InChI=1S/C26H27O5PS/c27-33(28,29)26-16-6-5-15-25(26)32(23-13-3-1-9-19(23)21-11-7-17-30-21)24-14-4-2-10-20(24)22-12-8-18-31-22/h1-6,9-10,13-16,21-22H,7-8,11-12,17-18H2,(H,27,28,29). The van der Waals surface area contributed by atoms with E-state index in [1.165, 1.54) is 6.07 Å². The quantitative estimate of drug-likeness (QED) is 0.417. The highest BCUT2D eigenvalue weighted by Crippen LogP contribution is 2.43. The number of ether oxygens (including phenoxy) is 2. The third kappa shape index (κ3) is 4.64. The summed E-state index contributed by atoms with van der Waals surface area (Å²) in [5.74, 6) is 0. The molecule has 0 amide bonds. The summed E-state index contributed by atoms with van der Waals surface area (Å²) in [6, 6.07) is 23.1. The molecule has 2 unspecified atom stereocenters. The molecule has 0 aliphatic carbocycles. The maximum atomic E-state index is 12.4. The van der Waals surface area contributed by atoms with Crippen LogP contribution in [0.15, 0.2) is 77.7 Å². The maximum absolute atomic E-state index is 12.4. The fourth-order valence-electron chi connectivity index (χ4n) is 4.82. The lowest BCUT2D eigenvalue weighted by Crippen LogP contribution is -2.29. The lowest BCUT2D eigenvalue weighted by Gasteiger charge is -2.28. The first-order chi connectivity index (χ1) is 16.0. The van der Waals surface area contributed by atoms with Gasteiger partial charge in [-0.3, -0.25) is 4.55 Å². The maximum Gasteiger partial charge on any atom is 0.295 e. The minimum absolute atomic E-state index is 0.0148. The molecule has 2 aliphatic rings. The van der Waals surface area contributed by atoms with Crippen molar-refractivity contribution in [3.8, 4) is 0 Å². The van der Waals surface area contributed by atoms with Gasteiger partial charge in [0, 0.05) is 18.5 Å². The van der Waals surface area contributed by atoms with E-state index in [9.17, 15) is 13.0 Å². The van der Waals surface area contributed by atoms with Gasteiger partial charge in [0.2, 0.25) is 0 Å². The molecule has 5 nitrogen and oxygen atoms in total. The van der Waals surface area contributed by atoms with Crippen LogP contribution in [0, 0.1) is 0 Å². The molecule has 7 heteroatoms. The first-order valence-electron chi connectivity index (χ1n) is 11.3. The van der Waals surface area contributed by atoms with Crippen molar-refractivity contribution in [2.24, 2.45) is 0 Å². The van der Waals surface area contributed by atoms with Crippen LogP contribution >= 0.6 is 7.92 Å². The molecule has 1 N–H and O–H groups in total. The number of rotatable bonds is 6. The van der Waals surface area contributed by atoms with Crippen LogP contribution in [-0.2, 0) is 19.6 Å². The second-order valence-electron chi connectivity index (χ2n) is 8.40. The van der Waals surface area contributed by atoms with Crippen LogP contribution in [0.1, 0.15) is 49.0 Å². The van der Waals surface area contributed by atoms with Crippen LogP contribution < -0.4 is 15.9 Å². The summed E-state index contributed by atoms with van der Waals surface area (Å²) >= 11 is 0. The minimum atomic E-state index is -4.40. The molecule has 2 heterocycles. The number of benzene rings is 3. The van der Waals surface area contributed by atoms with Crippen LogP contribution in [0.5, 0.6) is 0 Å². The number of hydrogen-bond donors (Lipinski definition) is 1. The van der Waals surface area contributed by atoms with Crippen molar-refractivity contribution in [2.75, 3.05) is 13.2 Å². The van der Waals surface area contributed by atoms with Gasteiger partial charge in [0.25, 0.3) is 10.1 Å². The van der Waals surface area contributed by atoms with Crippen LogP contribution in [0.3, 0.4) is 0 Å². The molecule has 0 spiro atoms. The van der Waals surface area contributed by atoms with Crippen molar-refractivity contribution in [1.82, 2.24) is 0 Å². The van der Waals surface area contributed by atoms with E-state index in [-0.39, 0.29) is 17.1 Å². The zero-order valence-corrected chi connectivity index (χ0v) is 20.0. The van der Waals surface area contributed by atoms with Gasteiger partial charge in [-0.1, -0.05) is 66.7 Å². The summed E-state index contributed by atoms with van der Waals surface area (Å²) in [6.07, 6.45) is 3.86. The predicted molar refractivity (Wildman–Crippen MR) is 131 cm³/mol. The van der Waals surface area contributed by atoms with E-state index in [2.05, 4.69) is 24.3 Å². The summed E-state index contributed by atoms with van der Waals surface area (Å²) in [4.78, 5) is -0.0413. The lowest BCUT2D eigenvalue weighted by molar-refractivity contribution is 0.112. The van der Waals surface area contributed by atoms with Gasteiger partial charge in [0.15, 0.2) is 0 Å². The van der Waals surface area contributed by atoms with Gasteiger partial charge in [-0.15, -0.1) is 0 Å². The Balaban J connectivity index is 1.77. The Labute approximate surface area is 196 Å². The zero-order valence-electron chi connectivity index (χ0n) is 18.3. The molecule has 0 aromatic heterocycles. The Hall–Kier alpha value is -2.08. The third-order valence-electron chi connectivity index (χ3n) is 6.29. The zero-order chi connectivity index (χ0) is 22.8. The molecule has 0 bridgehead atoms. The molecular formula is C26H27O5PS. The highest BCUT2D eigenvalue weighted by atomic mass is 32.2. The molecule has 5 rings (SSSR count). The summed E-state index contributed by atoms with van der Waals surface area (Å²) in [5, 5.41) is 2.73. The van der Waals surface area contributed by atoms with E-state index in [0.29, 0.717) is 5.30 Å². The topological polar surface area (TPSA) is 72.8 Å². The van der Waals surface area contributed by atoms with Crippen LogP contribution in [-0.4, -0.2) is 26.2 Å². The smallest absolute Gasteiger partial charge is 0.295 e. The van der Waals surface area contributed by atoms with E-state index < -0.39 is 18.0 Å². The summed E-state index contributed by atoms with van der Waals surface area (Å²) in [6.45, 7) is 1.45. The minimum Gasteiger partial charge on any atom is -0.374 e. The van der Waals surface area contributed by atoms with Gasteiger partial charge >= 0.3 is 0 Å². The average molecular weight is 483 g/mol. The van der Waals surface area contributed by atoms with Crippen molar-refractivity contribution in [3.05, 3.63) is 83.9 Å². The summed E-state index contributed by atoms with van der Waals surface area (Å²) in [5.41, 5.74) is 2.18. The van der Waals surface area contributed by atoms with Crippen molar-refractivity contribution < 1.29 is 22.4 Å². The van der Waals surface area contributed by atoms with Crippen LogP contribution in [0.2, 0.25) is 0 Å². The van der Waals surface area contributed by atoms with Gasteiger partial charge in [-0.05, 0) is 61.4 Å². The molecule has 3 aromatic rings. The molecule has 3 aromatic carbocycles. The highest BCUT2D eigenvalue weighted by molar-refractivity contribution is 7.88. The SMILES string of the molecule is O=S(=O)(O)c1ccccc1P(c1ccccc1C1CCCO1)c1ccccc1C1CCCO1. The van der Waals surface area contributed by atoms with Gasteiger partial charge in [-0.25, -0.2) is 0 Å². The second kappa shape index (κ2) is 9.65. The first-order valence-corrected chi connectivity index (χ1v) is 14.1. The third-order valence-corrected chi connectivity index (χ3v) is 10.0. The first kappa shape index (κ1) is 22.7. The molecule has 2 fully saturated rings. The van der Waals surface area contributed by atoms with E-state index in [1.54, 1.807) is 6.07 Å². The van der Waals surface area contributed by atoms with E-state index in [0.717, 1.165) is 60.6 Å². The fraction of sp³-hybridized carbons (Fsp3) is 0.308. The Bertz CT molecular complexity index is 1170. The molecule has 0 saturated carbocycles. The molecular weight excluding hydrogens is 455 g/mol. The van der Waals surface area contributed by atoms with Crippen LogP contribution in [0.25, 0.3) is 0 Å². The largest absolute Gasteiger partial charge is 0.374 e. The molecule has 172 valence electrons. The van der Waals surface area contributed by atoms with Crippen molar-refractivity contribution in [3.63, 3.8) is 0 Å². The second-order valence-corrected chi connectivity index (χ2v) is 11.9. The molecule has 2 atom stereocenters. The number of hydrogen-bond acceptors (Lipinski definition) is 4. The Morgan fingerprint density at radius 2 is 1.15 bits per heavy atom. The Morgan fingerprint density at radius 3 is 1.61 bits per heavy atom. The van der Waals surface area contributed by atoms with Crippen molar-refractivity contribution >= 4 is 34.0 Å². The average Bonchev–Trinajstić information content (AvgIpc) is 3.55. The van der Waals surface area contributed by atoms with Gasteiger partial charge < -0.3 is 9.47 Å². The summed E-state index contributed by atoms with van der Waals surface area (Å²) < 4.78 is 47.0. The van der Waals surface area contributed by atoms with E-state index in [4.69, 9.17) is 9.47 Å². The molecule has 0 radical (unpaired) electrons. The Morgan fingerprint density at radius 1 is 0.697 bits per heavy atom. The fourth-order valence-corrected chi connectivity index (χ4v) is 8.76. The summed E-state index contributed by atoms with van der Waals surface area (Å²) in [7, 11) is -5.71. The van der Waals surface area contributed by atoms with Crippen molar-refractivity contribution in [2.45, 2.75) is 42.8 Å². The normalized spacial score (nSPS) is 21.8. The predicted octanol–water partition coefficient (Wildman–Crippen LogP) is 4.39. The Kier molecular flexibility index (Phi) is 6.64. The van der Waals surface area contributed by atoms with E-state index >= 15 is 0 Å². The molecule has 2 saturated heterocycles. The molecule has 2 aliphatic heterocycles.